The summed E-state index contributed by atoms with van der Waals surface area (Å²) in [6.45, 7) is 0.508. The molecule has 1 saturated carbocycles. The van der Waals surface area contributed by atoms with Gasteiger partial charge in [0.2, 0.25) is 5.91 Å². The molecule has 0 bridgehead atoms. The fourth-order valence-electron chi connectivity index (χ4n) is 3.35. The van der Waals surface area contributed by atoms with Crippen LogP contribution in [0, 0.1) is 11.8 Å². The topological polar surface area (TPSA) is 70.5 Å². The highest BCUT2D eigenvalue weighted by Gasteiger charge is 2.42. The molecule has 26 heavy (non-hydrogen) atoms. The number of carbonyl (C=O) groups is 2. The van der Waals surface area contributed by atoms with E-state index >= 15 is 0 Å². The minimum Gasteiger partial charge on any atom is -0.481 e. The van der Waals surface area contributed by atoms with Crippen LogP contribution in [0.15, 0.2) is 60.9 Å². The largest absolute Gasteiger partial charge is 0.481 e. The molecule has 2 aliphatic carbocycles. The van der Waals surface area contributed by atoms with Crippen LogP contribution in [0.25, 0.3) is 11.1 Å². The highest BCUT2D eigenvalue weighted by atomic mass is 16.4. The molecule has 0 aliphatic heterocycles. The Hall–Kier alpha value is -2.95. The molecule has 1 N–H and O–H groups in total. The van der Waals surface area contributed by atoms with Crippen molar-refractivity contribution in [3.63, 3.8) is 0 Å². The number of amides is 1. The van der Waals surface area contributed by atoms with Crippen LogP contribution in [0.4, 0.5) is 0 Å². The average Bonchev–Trinajstić information content (AvgIpc) is 3.44. The minimum atomic E-state index is -0.930. The Morgan fingerprint density at radius 1 is 1.08 bits per heavy atom. The lowest BCUT2D eigenvalue weighted by atomic mass is 9.81. The second kappa shape index (κ2) is 6.75. The summed E-state index contributed by atoms with van der Waals surface area (Å²) in [7, 11) is 0. The first-order chi connectivity index (χ1) is 12.6. The van der Waals surface area contributed by atoms with E-state index in [1.54, 1.807) is 18.3 Å². The van der Waals surface area contributed by atoms with Gasteiger partial charge < -0.3 is 10.0 Å². The minimum absolute atomic E-state index is 0.0748. The number of benzene rings is 1. The van der Waals surface area contributed by atoms with Gasteiger partial charge in [-0.25, -0.2) is 0 Å². The van der Waals surface area contributed by atoms with E-state index in [0.29, 0.717) is 6.54 Å². The number of carboxylic acid groups (broad SMARTS) is 1. The third-order valence-electron chi connectivity index (χ3n) is 5.03. The van der Waals surface area contributed by atoms with E-state index in [9.17, 15) is 14.7 Å². The van der Waals surface area contributed by atoms with E-state index in [1.165, 1.54) is 0 Å². The third-order valence-corrected chi connectivity index (χ3v) is 5.03. The lowest BCUT2D eigenvalue weighted by molar-refractivity contribution is -0.148. The van der Waals surface area contributed by atoms with Gasteiger partial charge >= 0.3 is 5.97 Å². The molecule has 5 nitrogen and oxygen atoms in total. The van der Waals surface area contributed by atoms with E-state index in [4.69, 9.17) is 0 Å². The molecule has 132 valence electrons. The van der Waals surface area contributed by atoms with Gasteiger partial charge in [0, 0.05) is 25.0 Å². The van der Waals surface area contributed by atoms with Gasteiger partial charge in [0.15, 0.2) is 0 Å². The molecule has 1 aromatic heterocycles. The number of rotatable bonds is 6. The molecule has 0 radical (unpaired) electrons. The second-order valence-electron chi connectivity index (χ2n) is 6.91. The Bertz CT molecular complexity index is 859. The van der Waals surface area contributed by atoms with E-state index in [-0.39, 0.29) is 11.9 Å². The first-order valence-electron chi connectivity index (χ1n) is 8.84. The Labute approximate surface area is 152 Å². The summed E-state index contributed by atoms with van der Waals surface area (Å²) in [5.74, 6) is -2.23. The highest BCUT2D eigenvalue weighted by molar-refractivity contribution is 5.90. The molecule has 2 aliphatic rings. The molecule has 5 heteroatoms. The summed E-state index contributed by atoms with van der Waals surface area (Å²) in [6, 6.07) is 12.2. The molecule has 2 atom stereocenters. The third kappa shape index (κ3) is 3.25. The standard InChI is InChI=1S/C21H20N2O3/c24-20(18-8-9-19(18)21(25)26)23(17-6-7-17)13-14-3-1-4-15(11-14)16-5-2-10-22-12-16/h1-5,8-12,17-19H,6-7,13H2,(H,25,26)/t18-,19+/m0/s1. The van der Waals surface area contributed by atoms with Crippen LogP contribution in [0.3, 0.4) is 0 Å². The predicted octanol–water partition coefficient (Wildman–Crippen LogP) is 3.13. The summed E-state index contributed by atoms with van der Waals surface area (Å²) in [4.78, 5) is 30.1. The first kappa shape index (κ1) is 16.5. The van der Waals surface area contributed by atoms with Gasteiger partial charge in [0.1, 0.15) is 0 Å². The monoisotopic (exact) mass is 348 g/mol. The van der Waals surface area contributed by atoms with E-state index in [2.05, 4.69) is 11.1 Å². The lowest BCUT2D eigenvalue weighted by Crippen LogP contribution is -2.43. The van der Waals surface area contributed by atoms with Crippen LogP contribution < -0.4 is 0 Å². The molecule has 0 unspecified atom stereocenters. The summed E-state index contributed by atoms with van der Waals surface area (Å²) in [5.41, 5.74) is 3.14. The predicted molar refractivity (Wildman–Crippen MR) is 97.0 cm³/mol. The smallest absolute Gasteiger partial charge is 0.311 e. The number of hydrogen-bond donors (Lipinski definition) is 1. The van der Waals surface area contributed by atoms with Crippen molar-refractivity contribution in [2.75, 3.05) is 0 Å². The van der Waals surface area contributed by atoms with Crippen molar-refractivity contribution in [2.24, 2.45) is 11.8 Å². The number of pyridine rings is 1. The van der Waals surface area contributed by atoms with Crippen LogP contribution in [-0.2, 0) is 16.1 Å². The van der Waals surface area contributed by atoms with Gasteiger partial charge in [-0.15, -0.1) is 0 Å². The normalized spacial score (nSPS) is 21.1. The summed E-state index contributed by atoms with van der Waals surface area (Å²) < 4.78 is 0. The summed E-state index contributed by atoms with van der Waals surface area (Å²) in [5, 5.41) is 9.21. The Morgan fingerprint density at radius 3 is 2.46 bits per heavy atom. The van der Waals surface area contributed by atoms with Crippen LogP contribution in [0.5, 0.6) is 0 Å². The van der Waals surface area contributed by atoms with E-state index in [0.717, 1.165) is 29.5 Å². The molecule has 4 rings (SSSR count). The average molecular weight is 348 g/mol. The molecule has 1 aromatic carbocycles. The number of nitrogens with zero attached hydrogens (tertiary/aromatic N) is 2. The molecular weight excluding hydrogens is 328 g/mol. The van der Waals surface area contributed by atoms with Gasteiger partial charge in [-0.2, -0.15) is 0 Å². The maximum atomic E-state index is 12.9. The van der Waals surface area contributed by atoms with E-state index in [1.807, 2.05) is 41.4 Å². The molecule has 1 fully saturated rings. The molecule has 1 heterocycles. The maximum absolute atomic E-state index is 12.9. The Kier molecular flexibility index (Phi) is 4.29. The van der Waals surface area contributed by atoms with Gasteiger partial charge in [0.05, 0.1) is 11.8 Å². The Balaban J connectivity index is 1.54. The van der Waals surface area contributed by atoms with Crippen molar-refractivity contribution >= 4 is 11.9 Å². The number of hydrogen-bond acceptors (Lipinski definition) is 3. The second-order valence-corrected chi connectivity index (χ2v) is 6.91. The van der Waals surface area contributed by atoms with Crippen LogP contribution >= 0.6 is 0 Å². The number of carbonyl (C=O) groups excluding carboxylic acids is 1. The Morgan fingerprint density at radius 2 is 1.85 bits per heavy atom. The maximum Gasteiger partial charge on any atom is 0.311 e. The van der Waals surface area contributed by atoms with Crippen molar-refractivity contribution in [2.45, 2.75) is 25.4 Å². The fraction of sp³-hybridized carbons (Fsp3) is 0.286. The zero-order valence-corrected chi connectivity index (χ0v) is 14.3. The number of carboxylic acids is 1. The molecule has 0 spiro atoms. The molecular formula is C21H20N2O3. The quantitative estimate of drug-likeness (QED) is 0.814. The van der Waals surface area contributed by atoms with Gasteiger partial charge in [-0.05, 0) is 41.7 Å². The van der Waals surface area contributed by atoms with Crippen molar-refractivity contribution < 1.29 is 14.7 Å². The zero-order valence-electron chi connectivity index (χ0n) is 14.3. The van der Waals surface area contributed by atoms with Crippen molar-refractivity contribution in [3.8, 4) is 11.1 Å². The van der Waals surface area contributed by atoms with Gasteiger partial charge in [0.25, 0.3) is 0 Å². The number of aliphatic carboxylic acids is 1. The fourth-order valence-corrected chi connectivity index (χ4v) is 3.35. The molecule has 2 aromatic rings. The van der Waals surface area contributed by atoms with Gasteiger partial charge in [-0.1, -0.05) is 36.4 Å². The van der Waals surface area contributed by atoms with Crippen LogP contribution in [0.1, 0.15) is 18.4 Å². The SMILES string of the molecule is O=C(O)[C@@H]1C=C[C@@H]1C(=O)N(Cc1cccc(-c2cccnc2)c1)C1CC1. The molecule has 1 amide bonds. The van der Waals surface area contributed by atoms with E-state index < -0.39 is 17.8 Å². The highest BCUT2D eigenvalue weighted by Crippen LogP contribution is 2.35. The van der Waals surface area contributed by atoms with Gasteiger partial charge in [-0.3, -0.25) is 14.6 Å². The van der Waals surface area contributed by atoms with Crippen molar-refractivity contribution in [1.82, 2.24) is 9.88 Å². The zero-order chi connectivity index (χ0) is 18.1. The van der Waals surface area contributed by atoms with Crippen molar-refractivity contribution in [3.05, 3.63) is 66.5 Å². The summed E-state index contributed by atoms with van der Waals surface area (Å²) >= 11 is 0. The molecule has 0 saturated heterocycles. The van der Waals surface area contributed by atoms with Crippen LogP contribution in [-0.4, -0.2) is 32.9 Å². The lowest BCUT2D eigenvalue weighted by Gasteiger charge is -2.32. The van der Waals surface area contributed by atoms with Crippen LogP contribution in [0.2, 0.25) is 0 Å². The summed E-state index contributed by atoms with van der Waals surface area (Å²) in [6.07, 6.45) is 8.84. The number of aromatic nitrogens is 1. The first-order valence-corrected chi connectivity index (χ1v) is 8.84. The van der Waals surface area contributed by atoms with Crippen molar-refractivity contribution in [1.29, 1.82) is 0 Å².